The summed E-state index contributed by atoms with van der Waals surface area (Å²) in [5.74, 6) is -1.06. The first kappa shape index (κ1) is 16.3. The molecule has 6 nitrogen and oxygen atoms in total. The van der Waals surface area contributed by atoms with Gasteiger partial charge in [-0.05, 0) is 36.4 Å². The van der Waals surface area contributed by atoms with E-state index in [1.807, 2.05) is 0 Å². The molecule has 0 fully saturated rings. The molecule has 2 N–H and O–H groups in total. The second-order valence-electron chi connectivity index (χ2n) is 4.33. The third kappa shape index (κ3) is 3.97. The van der Waals surface area contributed by atoms with Crippen LogP contribution in [-0.2, 0) is 14.9 Å². The van der Waals surface area contributed by atoms with Gasteiger partial charge in [0.15, 0.2) is 0 Å². The maximum absolute atomic E-state index is 11.3. The monoisotopic (exact) mass is 342 g/mol. The number of carboxylic acids is 1. The molecule has 0 aliphatic rings. The van der Waals surface area contributed by atoms with Gasteiger partial charge in [0.05, 0.1) is 4.90 Å². The molecule has 0 aliphatic heterocycles. The molecule has 2 aromatic rings. The quantitative estimate of drug-likeness (QED) is 0.810. The molecule has 116 valence electrons. The highest BCUT2D eigenvalue weighted by atomic mass is 35.5. The van der Waals surface area contributed by atoms with Gasteiger partial charge in [-0.15, -0.1) is 0 Å². The van der Waals surface area contributed by atoms with E-state index >= 15 is 0 Å². The van der Waals surface area contributed by atoms with Gasteiger partial charge in [-0.2, -0.15) is 8.42 Å². The van der Waals surface area contributed by atoms with E-state index in [1.54, 1.807) is 0 Å². The van der Waals surface area contributed by atoms with Crippen LogP contribution in [0.2, 0.25) is 5.02 Å². The van der Waals surface area contributed by atoms with Gasteiger partial charge in [-0.25, -0.2) is 4.79 Å². The molecule has 0 aliphatic carbocycles. The molecule has 8 heteroatoms. The lowest BCUT2D eigenvalue weighted by Crippen LogP contribution is -2.18. The Morgan fingerprint density at radius 1 is 1.05 bits per heavy atom. The van der Waals surface area contributed by atoms with E-state index in [0.29, 0.717) is 10.6 Å². The fourth-order valence-electron chi connectivity index (χ4n) is 1.72. The van der Waals surface area contributed by atoms with E-state index in [4.69, 9.17) is 20.9 Å². The molecule has 1 unspecified atom stereocenters. The summed E-state index contributed by atoms with van der Waals surface area (Å²) < 4.78 is 36.1. The fraction of sp³-hybridized carbons (Fsp3) is 0.0714. The Labute approximate surface area is 131 Å². The number of rotatable bonds is 5. The first-order valence-corrected chi connectivity index (χ1v) is 7.81. The van der Waals surface area contributed by atoms with Crippen molar-refractivity contribution in [2.24, 2.45) is 0 Å². The number of benzene rings is 2. The molecule has 0 bridgehead atoms. The van der Waals surface area contributed by atoms with Crippen LogP contribution in [0.1, 0.15) is 11.7 Å². The molecule has 22 heavy (non-hydrogen) atoms. The van der Waals surface area contributed by atoms with Crippen LogP contribution in [0, 0.1) is 0 Å². The second kappa shape index (κ2) is 6.35. The Morgan fingerprint density at radius 2 is 1.59 bits per heavy atom. The SMILES string of the molecule is O=C(O)C(Oc1ccc(S(=O)(=O)O)cc1)c1ccc(Cl)cc1. The number of ether oxygens (including phenoxy) is 1. The predicted molar refractivity (Wildman–Crippen MR) is 78.7 cm³/mol. The lowest BCUT2D eigenvalue weighted by Gasteiger charge is -2.15. The van der Waals surface area contributed by atoms with Crippen LogP contribution in [0.5, 0.6) is 5.75 Å². The molecule has 1 atom stereocenters. The summed E-state index contributed by atoms with van der Waals surface area (Å²) in [4.78, 5) is 11.0. The molecule has 0 heterocycles. The zero-order valence-corrected chi connectivity index (χ0v) is 12.6. The van der Waals surface area contributed by atoms with Crippen LogP contribution in [0.3, 0.4) is 0 Å². The van der Waals surface area contributed by atoms with Crippen molar-refractivity contribution < 1.29 is 27.6 Å². The Balaban J connectivity index is 2.25. The Hall–Kier alpha value is -2.09. The van der Waals surface area contributed by atoms with E-state index in [0.717, 1.165) is 12.1 Å². The molecule has 0 amide bonds. The summed E-state index contributed by atoms with van der Waals surface area (Å²) in [5.41, 5.74) is 0.385. The van der Waals surface area contributed by atoms with Crippen molar-refractivity contribution in [1.29, 1.82) is 0 Å². The molecule has 0 saturated carbocycles. The van der Waals surface area contributed by atoms with Gasteiger partial charge in [0, 0.05) is 10.6 Å². The van der Waals surface area contributed by atoms with Crippen molar-refractivity contribution in [3.8, 4) is 5.75 Å². The summed E-state index contributed by atoms with van der Waals surface area (Å²) in [7, 11) is -4.31. The first-order chi connectivity index (χ1) is 10.3. The highest BCUT2D eigenvalue weighted by Gasteiger charge is 2.22. The van der Waals surface area contributed by atoms with Gasteiger partial charge in [-0.1, -0.05) is 23.7 Å². The maximum Gasteiger partial charge on any atom is 0.349 e. The summed E-state index contributed by atoms with van der Waals surface area (Å²) >= 11 is 5.75. The van der Waals surface area contributed by atoms with Crippen LogP contribution in [0.4, 0.5) is 0 Å². The van der Waals surface area contributed by atoms with E-state index < -0.39 is 22.2 Å². The third-order valence-corrected chi connectivity index (χ3v) is 3.89. The standard InChI is InChI=1S/C14H11ClO6S/c15-10-3-1-9(2-4-10)13(14(16)17)21-11-5-7-12(8-6-11)22(18,19)20/h1-8,13H,(H,16,17)(H,18,19,20). The minimum Gasteiger partial charge on any atom is -0.478 e. The minimum atomic E-state index is -4.31. The molecule has 2 rings (SSSR count). The summed E-state index contributed by atoms with van der Waals surface area (Å²) in [5, 5.41) is 9.71. The Bertz CT molecular complexity index is 768. The largest absolute Gasteiger partial charge is 0.478 e. The first-order valence-electron chi connectivity index (χ1n) is 6.00. The predicted octanol–water partition coefficient (Wildman–Crippen LogP) is 2.79. The number of hydrogen-bond donors (Lipinski definition) is 2. The summed E-state index contributed by atoms with van der Waals surface area (Å²) in [6, 6.07) is 10.9. The topological polar surface area (TPSA) is 101 Å². The van der Waals surface area contributed by atoms with Crippen molar-refractivity contribution in [3.63, 3.8) is 0 Å². The third-order valence-electron chi connectivity index (χ3n) is 2.77. The molecule has 2 aromatic carbocycles. The van der Waals surface area contributed by atoms with Gasteiger partial charge in [0.1, 0.15) is 5.75 Å². The lowest BCUT2D eigenvalue weighted by molar-refractivity contribution is -0.145. The molecule has 0 spiro atoms. The van der Waals surface area contributed by atoms with Crippen molar-refractivity contribution in [2.75, 3.05) is 0 Å². The number of hydrogen-bond acceptors (Lipinski definition) is 4. The zero-order chi connectivity index (χ0) is 16.3. The van der Waals surface area contributed by atoms with E-state index in [9.17, 15) is 18.3 Å². The minimum absolute atomic E-state index is 0.148. The molecular weight excluding hydrogens is 332 g/mol. The normalized spacial score (nSPS) is 12.6. The average molecular weight is 343 g/mol. The van der Waals surface area contributed by atoms with Gasteiger partial charge in [0.2, 0.25) is 6.10 Å². The van der Waals surface area contributed by atoms with Crippen LogP contribution in [-0.4, -0.2) is 24.0 Å². The highest BCUT2D eigenvalue weighted by Crippen LogP contribution is 2.24. The van der Waals surface area contributed by atoms with Gasteiger partial charge in [-0.3, -0.25) is 4.55 Å². The van der Waals surface area contributed by atoms with Crippen molar-refractivity contribution in [1.82, 2.24) is 0 Å². The molecular formula is C14H11ClO6S. The van der Waals surface area contributed by atoms with Gasteiger partial charge >= 0.3 is 5.97 Å². The zero-order valence-electron chi connectivity index (χ0n) is 11.0. The summed E-state index contributed by atoms with van der Waals surface area (Å²) in [6.07, 6.45) is -1.27. The smallest absolute Gasteiger partial charge is 0.349 e. The number of aliphatic carboxylic acids is 1. The maximum atomic E-state index is 11.3. The van der Waals surface area contributed by atoms with E-state index in [1.165, 1.54) is 36.4 Å². The summed E-state index contributed by atoms with van der Waals surface area (Å²) in [6.45, 7) is 0. The van der Waals surface area contributed by atoms with Crippen molar-refractivity contribution in [2.45, 2.75) is 11.0 Å². The van der Waals surface area contributed by atoms with E-state index in [2.05, 4.69) is 0 Å². The Morgan fingerprint density at radius 3 is 2.05 bits per heavy atom. The second-order valence-corrected chi connectivity index (χ2v) is 6.19. The number of halogens is 1. The average Bonchev–Trinajstić information content (AvgIpc) is 2.45. The van der Waals surface area contributed by atoms with Crippen LogP contribution >= 0.6 is 11.6 Å². The molecule has 0 aromatic heterocycles. The number of carboxylic acid groups (broad SMARTS) is 1. The lowest BCUT2D eigenvalue weighted by atomic mass is 10.1. The molecule has 0 radical (unpaired) electrons. The Kier molecular flexibility index (Phi) is 4.70. The highest BCUT2D eigenvalue weighted by molar-refractivity contribution is 7.85. The van der Waals surface area contributed by atoms with Crippen LogP contribution < -0.4 is 4.74 Å². The van der Waals surface area contributed by atoms with Crippen molar-refractivity contribution in [3.05, 3.63) is 59.1 Å². The fourth-order valence-corrected chi connectivity index (χ4v) is 2.33. The van der Waals surface area contributed by atoms with Crippen molar-refractivity contribution >= 4 is 27.7 Å². The van der Waals surface area contributed by atoms with Gasteiger partial charge in [0.25, 0.3) is 10.1 Å². The van der Waals surface area contributed by atoms with E-state index in [-0.39, 0.29) is 10.6 Å². The van der Waals surface area contributed by atoms with Crippen LogP contribution in [0.15, 0.2) is 53.4 Å². The van der Waals surface area contributed by atoms with Crippen LogP contribution in [0.25, 0.3) is 0 Å². The number of carbonyl (C=O) groups is 1. The van der Waals surface area contributed by atoms with Gasteiger partial charge < -0.3 is 9.84 Å². The molecule has 0 saturated heterocycles.